The van der Waals surface area contributed by atoms with Gasteiger partial charge in [0.2, 0.25) is 10.0 Å². The molecule has 3 atom stereocenters. The number of sulfonamides is 1. The van der Waals surface area contributed by atoms with Crippen molar-refractivity contribution in [3.63, 3.8) is 0 Å². The molecule has 0 radical (unpaired) electrons. The third-order valence-electron chi connectivity index (χ3n) is 6.39. The summed E-state index contributed by atoms with van der Waals surface area (Å²) in [6.07, 6.45) is 0.638. The lowest BCUT2D eigenvalue weighted by Gasteiger charge is -2.38. The lowest BCUT2D eigenvalue weighted by atomic mass is 9.83. The molecule has 33 heavy (non-hydrogen) atoms. The van der Waals surface area contributed by atoms with Crippen LogP contribution in [0.3, 0.4) is 0 Å². The fraction of sp³-hybridized carbons (Fsp3) is 0.231. The predicted octanol–water partition coefficient (Wildman–Crippen LogP) is 3.76. The maximum atomic E-state index is 14.0. The number of hydrogen-bond donors (Lipinski definition) is 2. The number of rotatable bonds is 3. The largest absolute Gasteiger partial charge is 0.394 e. The number of aliphatic hydroxyl groups excluding tert-OH is 1. The second-order valence-electron chi connectivity index (χ2n) is 8.29. The highest BCUT2D eigenvalue weighted by atomic mass is 32.2. The molecule has 2 N–H and O–H groups in total. The Kier molecular flexibility index (Phi) is 5.67. The Morgan fingerprint density at radius 1 is 1.03 bits per heavy atom. The molecule has 2 aliphatic heterocycles. The summed E-state index contributed by atoms with van der Waals surface area (Å²) < 4.78 is 42.5. The molecular weight excluding hydrogens is 439 g/mol. The predicted molar refractivity (Wildman–Crippen MR) is 125 cm³/mol. The van der Waals surface area contributed by atoms with Crippen LogP contribution >= 0.6 is 0 Å². The van der Waals surface area contributed by atoms with E-state index in [1.54, 1.807) is 52.8 Å². The van der Waals surface area contributed by atoms with Gasteiger partial charge >= 0.3 is 0 Å². The maximum absolute atomic E-state index is 14.0. The Balaban J connectivity index is 1.57. The van der Waals surface area contributed by atoms with Gasteiger partial charge in [0.15, 0.2) is 0 Å². The molecule has 5 nitrogen and oxygen atoms in total. The molecule has 1 saturated heterocycles. The molecule has 0 spiro atoms. The minimum absolute atomic E-state index is 0.0734. The monoisotopic (exact) mass is 462 g/mol. The summed E-state index contributed by atoms with van der Waals surface area (Å²) in [5.74, 6) is 5.42. The molecule has 0 unspecified atom stereocenters. The van der Waals surface area contributed by atoms with Crippen molar-refractivity contribution in [1.82, 2.24) is 4.31 Å². The summed E-state index contributed by atoms with van der Waals surface area (Å²) in [4.78, 5) is 0.252. The topological polar surface area (TPSA) is 69.6 Å². The second-order valence-corrected chi connectivity index (χ2v) is 10.2. The minimum atomic E-state index is -3.72. The fourth-order valence-electron chi connectivity index (χ4n) is 4.80. The summed E-state index contributed by atoms with van der Waals surface area (Å²) in [6.45, 7) is 0.282. The van der Waals surface area contributed by atoms with E-state index < -0.39 is 16.1 Å². The van der Waals surface area contributed by atoms with Crippen LogP contribution in [0.4, 0.5) is 10.1 Å². The SMILES string of the molecule is O=S(=O)(c1ccccc1)N1CC[C@@H]2[C@H]1c1cc(C#Cc3ccccc3F)ccc1N[C@@H]2CO. The van der Waals surface area contributed by atoms with Crippen LogP contribution in [0.1, 0.15) is 29.2 Å². The van der Waals surface area contributed by atoms with Crippen molar-refractivity contribution in [2.45, 2.75) is 23.4 Å². The van der Waals surface area contributed by atoms with E-state index in [0.29, 0.717) is 24.1 Å². The van der Waals surface area contributed by atoms with E-state index in [0.717, 1.165) is 11.3 Å². The molecule has 168 valence electrons. The summed E-state index contributed by atoms with van der Waals surface area (Å²) in [5, 5.41) is 13.3. The normalized spacial score (nSPS) is 21.9. The van der Waals surface area contributed by atoms with Crippen LogP contribution in [0.15, 0.2) is 77.7 Å². The standard InChI is InChI=1S/C26H23FN2O3S/c27-23-9-5-4-6-19(23)12-10-18-11-13-24-22(16-18)26-21(25(17-30)28-24)14-15-29(26)33(31,32)20-7-2-1-3-8-20/h1-9,11,13,16,21,25-26,28,30H,14-15,17H2/t21-,25+,26-/m0/s1. The number of benzene rings is 3. The van der Waals surface area contributed by atoms with Crippen molar-refractivity contribution in [2.24, 2.45) is 5.92 Å². The average molecular weight is 463 g/mol. The van der Waals surface area contributed by atoms with Gasteiger partial charge in [0.25, 0.3) is 0 Å². The van der Waals surface area contributed by atoms with E-state index in [1.165, 1.54) is 6.07 Å². The number of aliphatic hydroxyl groups is 1. The van der Waals surface area contributed by atoms with Crippen LogP contribution in [0.5, 0.6) is 0 Å². The molecule has 0 amide bonds. The maximum Gasteiger partial charge on any atom is 0.243 e. The number of nitrogens with zero attached hydrogens (tertiary/aromatic N) is 1. The first kappa shape index (κ1) is 21.7. The molecule has 7 heteroatoms. The molecule has 0 saturated carbocycles. The molecule has 2 aliphatic rings. The third-order valence-corrected chi connectivity index (χ3v) is 8.28. The highest BCUT2D eigenvalue weighted by Gasteiger charge is 2.48. The first-order valence-electron chi connectivity index (χ1n) is 10.8. The van der Waals surface area contributed by atoms with Crippen LogP contribution in [0.25, 0.3) is 0 Å². The number of halogens is 1. The molecule has 5 rings (SSSR count). The minimum Gasteiger partial charge on any atom is -0.394 e. The third kappa shape index (κ3) is 3.91. The zero-order valence-corrected chi connectivity index (χ0v) is 18.6. The van der Waals surface area contributed by atoms with Crippen molar-refractivity contribution in [2.75, 3.05) is 18.5 Å². The highest BCUT2D eigenvalue weighted by Crippen LogP contribution is 2.48. The second kappa shape index (κ2) is 8.64. The Labute approximate surface area is 192 Å². The number of anilines is 1. The zero-order valence-electron chi connectivity index (χ0n) is 17.8. The zero-order chi connectivity index (χ0) is 23.0. The van der Waals surface area contributed by atoms with Crippen molar-refractivity contribution in [3.05, 3.63) is 95.3 Å². The van der Waals surface area contributed by atoms with Crippen molar-refractivity contribution >= 4 is 15.7 Å². The molecule has 0 bridgehead atoms. The van der Waals surface area contributed by atoms with E-state index in [1.807, 2.05) is 18.2 Å². The quantitative estimate of drug-likeness (QED) is 0.582. The molecular formula is C26H23FN2O3S. The Hall–Kier alpha value is -3.18. The summed E-state index contributed by atoms with van der Waals surface area (Å²) in [5.41, 5.74) is 2.58. The Bertz CT molecular complexity index is 1350. The first-order valence-corrected chi connectivity index (χ1v) is 12.3. The van der Waals surface area contributed by atoms with Gasteiger partial charge < -0.3 is 10.4 Å². The molecule has 2 heterocycles. The van der Waals surface area contributed by atoms with Gasteiger partial charge in [-0.05, 0) is 54.4 Å². The lowest BCUT2D eigenvalue weighted by molar-refractivity contribution is 0.210. The molecule has 0 aromatic heterocycles. The van der Waals surface area contributed by atoms with E-state index in [4.69, 9.17) is 0 Å². The molecule has 3 aromatic carbocycles. The van der Waals surface area contributed by atoms with Crippen LogP contribution in [-0.4, -0.2) is 37.0 Å². The van der Waals surface area contributed by atoms with Gasteiger partial charge in [0.1, 0.15) is 5.82 Å². The van der Waals surface area contributed by atoms with Crippen LogP contribution in [-0.2, 0) is 10.0 Å². The molecule has 1 fully saturated rings. The van der Waals surface area contributed by atoms with Crippen molar-refractivity contribution < 1.29 is 17.9 Å². The number of fused-ring (bicyclic) bond motifs is 3. The van der Waals surface area contributed by atoms with Gasteiger partial charge in [-0.2, -0.15) is 4.31 Å². The van der Waals surface area contributed by atoms with Crippen LogP contribution in [0.2, 0.25) is 0 Å². The van der Waals surface area contributed by atoms with E-state index >= 15 is 0 Å². The fourth-order valence-corrected chi connectivity index (χ4v) is 6.48. The van der Waals surface area contributed by atoms with E-state index in [-0.39, 0.29) is 29.3 Å². The van der Waals surface area contributed by atoms with Gasteiger partial charge in [-0.3, -0.25) is 0 Å². The molecule has 0 aliphatic carbocycles. The Morgan fingerprint density at radius 2 is 1.79 bits per heavy atom. The summed E-state index contributed by atoms with van der Waals surface area (Å²) in [7, 11) is -3.72. The van der Waals surface area contributed by atoms with Crippen LogP contribution < -0.4 is 5.32 Å². The highest BCUT2D eigenvalue weighted by molar-refractivity contribution is 7.89. The lowest BCUT2D eigenvalue weighted by Crippen LogP contribution is -2.42. The van der Waals surface area contributed by atoms with E-state index in [9.17, 15) is 17.9 Å². The van der Waals surface area contributed by atoms with Gasteiger partial charge in [-0.25, -0.2) is 12.8 Å². The van der Waals surface area contributed by atoms with Gasteiger partial charge in [-0.15, -0.1) is 0 Å². The van der Waals surface area contributed by atoms with Crippen molar-refractivity contribution in [1.29, 1.82) is 0 Å². The first-order chi connectivity index (χ1) is 16.0. The van der Waals surface area contributed by atoms with E-state index in [2.05, 4.69) is 17.2 Å². The van der Waals surface area contributed by atoms with Crippen molar-refractivity contribution in [3.8, 4) is 11.8 Å². The molecule has 3 aromatic rings. The Morgan fingerprint density at radius 3 is 2.55 bits per heavy atom. The smallest absolute Gasteiger partial charge is 0.243 e. The van der Waals surface area contributed by atoms with Gasteiger partial charge in [0, 0.05) is 23.7 Å². The number of nitrogens with one attached hydrogen (secondary N) is 1. The average Bonchev–Trinajstić information content (AvgIpc) is 3.30. The van der Waals surface area contributed by atoms with Gasteiger partial charge in [0.05, 0.1) is 29.1 Å². The summed E-state index contributed by atoms with van der Waals surface area (Å²) >= 11 is 0. The van der Waals surface area contributed by atoms with Crippen LogP contribution in [0, 0.1) is 23.6 Å². The number of hydrogen-bond acceptors (Lipinski definition) is 4. The summed E-state index contributed by atoms with van der Waals surface area (Å²) in [6, 6.07) is 19.6. The van der Waals surface area contributed by atoms with Gasteiger partial charge in [-0.1, -0.05) is 42.2 Å².